The molecular formula is C13H17NO4. The van der Waals surface area contributed by atoms with Crippen LogP contribution < -0.4 is 10.1 Å². The van der Waals surface area contributed by atoms with Gasteiger partial charge in [0.05, 0.1) is 11.3 Å². The number of aromatic carboxylic acids is 1. The van der Waals surface area contributed by atoms with Crippen molar-refractivity contribution in [2.75, 3.05) is 5.32 Å². The maximum Gasteiger partial charge on any atom is 0.337 e. The van der Waals surface area contributed by atoms with E-state index in [1.54, 1.807) is 6.07 Å². The zero-order valence-corrected chi connectivity index (χ0v) is 10.9. The van der Waals surface area contributed by atoms with E-state index < -0.39 is 11.6 Å². The molecule has 0 heterocycles. The van der Waals surface area contributed by atoms with Crippen LogP contribution in [-0.2, 0) is 4.79 Å². The monoisotopic (exact) mass is 251 g/mol. The maximum atomic E-state index is 11.1. The predicted octanol–water partition coefficient (Wildman–Crippen LogP) is 2.52. The van der Waals surface area contributed by atoms with Gasteiger partial charge in [0.2, 0.25) is 5.91 Å². The Kier molecular flexibility index (Phi) is 3.96. The zero-order valence-electron chi connectivity index (χ0n) is 10.9. The van der Waals surface area contributed by atoms with Crippen LogP contribution in [0.25, 0.3) is 0 Å². The molecule has 0 aliphatic rings. The van der Waals surface area contributed by atoms with Gasteiger partial charge in [0, 0.05) is 6.92 Å². The summed E-state index contributed by atoms with van der Waals surface area (Å²) in [6, 6.07) is 4.55. The van der Waals surface area contributed by atoms with Crippen LogP contribution in [0.15, 0.2) is 18.2 Å². The first-order valence-electron chi connectivity index (χ1n) is 5.53. The number of hydrogen-bond acceptors (Lipinski definition) is 3. The number of ether oxygens (including phenoxy) is 1. The Labute approximate surface area is 106 Å². The summed E-state index contributed by atoms with van der Waals surface area (Å²) in [7, 11) is 0. The number of anilines is 1. The number of nitrogens with one attached hydrogen (secondary N) is 1. The van der Waals surface area contributed by atoms with Crippen LogP contribution in [0.4, 0.5) is 5.69 Å². The highest BCUT2D eigenvalue weighted by Gasteiger charge is 2.16. The lowest BCUT2D eigenvalue weighted by Gasteiger charge is -2.22. The van der Waals surface area contributed by atoms with E-state index in [4.69, 9.17) is 9.84 Å². The minimum Gasteiger partial charge on any atom is -0.488 e. The Morgan fingerprint density at radius 3 is 2.33 bits per heavy atom. The van der Waals surface area contributed by atoms with Crippen LogP contribution in [0, 0.1) is 0 Å². The highest BCUT2D eigenvalue weighted by atomic mass is 16.5. The largest absolute Gasteiger partial charge is 0.488 e. The Hall–Kier alpha value is -2.04. The zero-order chi connectivity index (χ0) is 13.9. The van der Waals surface area contributed by atoms with Crippen molar-refractivity contribution in [2.45, 2.75) is 33.3 Å². The molecule has 1 amide bonds. The number of amides is 1. The van der Waals surface area contributed by atoms with Gasteiger partial charge in [0.25, 0.3) is 0 Å². The highest BCUT2D eigenvalue weighted by molar-refractivity contribution is 6.00. The molecule has 18 heavy (non-hydrogen) atoms. The molecule has 0 fully saturated rings. The van der Waals surface area contributed by atoms with Gasteiger partial charge in [-0.15, -0.1) is 0 Å². The molecule has 0 aliphatic heterocycles. The number of benzene rings is 1. The smallest absolute Gasteiger partial charge is 0.337 e. The topological polar surface area (TPSA) is 75.6 Å². The maximum absolute atomic E-state index is 11.1. The number of carboxylic acids is 1. The molecule has 1 aromatic carbocycles. The number of carbonyl (C=O) groups excluding carboxylic acids is 1. The third kappa shape index (κ3) is 4.08. The van der Waals surface area contributed by atoms with Gasteiger partial charge in [0.15, 0.2) is 0 Å². The summed E-state index contributed by atoms with van der Waals surface area (Å²) >= 11 is 0. The van der Waals surface area contributed by atoms with Gasteiger partial charge >= 0.3 is 5.97 Å². The average Bonchev–Trinajstić information content (AvgIpc) is 2.17. The number of rotatable bonds is 3. The molecule has 0 spiro atoms. The summed E-state index contributed by atoms with van der Waals surface area (Å²) in [5.41, 5.74) is -0.145. The Morgan fingerprint density at radius 1 is 1.28 bits per heavy atom. The summed E-state index contributed by atoms with van der Waals surface area (Å²) < 4.78 is 5.58. The van der Waals surface area contributed by atoms with E-state index in [9.17, 15) is 9.59 Å². The minimum absolute atomic E-state index is 0.00644. The molecule has 5 heteroatoms. The van der Waals surface area contributed by atoms with Crippen LogP contribution in [0.2, 0.25) is 0 Å². The summed E-state index contributed by atoms with van der Waals surface area (Å²) in [5, 5.41) is 11.6. The average molecular weight is 251 g/mol. The summed E-state index contributed by atoms with van der Waals surface area (Å²) in [4.78, 5) is 22.1. The normalized spacial score (nSPS) is 10.9. The molecule has 2 N–H and O–H groups in total. The molecule has 0 saturated carbocycles. The van der Waals surface area contributed by atoms with E-state index in [1.165, 1.54) is 19.1 Å². The van der Waals surface area contributed by atoms with Crippen molar-refractivity contribution < 1.29 is 19.4 Å². The first-order chi connectivity index (χ1) is 8.19. The van der Waals surface area contributed by atoms with Gasteiger partial charge in [-0.25, -0.2) is 4.79 Å². The van der Waals surface area contributed by atoms with Crippen molar-refractivity contribution in [2.24, 2.45) is 0 Å². The fourth-order valence-corrected chi connectivity index (χ4v) is 1.42. The van der Waals surface area contributed by atoms with E-state index in [1.807, 2.05) is 20.8 Å². The fraction of sp³-hybridized carbons (Fsp3) is 0.385. The van der Waals surface area contributed by atoms with E-state index in [2.05, 4.69) is 5.32 Å². The highest BCUT2D eigenvalue weighted by Crippen LogP contribution is 2.25. The number of hydrogen-bond donors (Lipinski definition) is 2. The van der Waals surface area contributed by atoms with E-state index in [0.717, 1.165) is 0 Å². The van der Waals surface area contributed by atoms with Crippen molar-refractivity contribution in [3.8, 4) is 5.75 Å². The van der Waals surface area contributed by atoms with Crippen LogP contribution in [0.5, 0.6) is 5.75 Å². The Balaban J connectivity index is 3.11. The molecule has 0 atom stereocenters. The predicted molar refractivity (Wildman–Crippen MR) is 68.1 cm³/mol. The van der Waals surface area contributed by atoms with Gasteiger partial charge in [-0.05, 0) is 39.0 Å². The van der Waals surface area contributed by atoms with Gasteiger partial charge in [-0.3, -0.25) is 4.79 Å². The van der Waals surface area contributed by atoms with Gasteiger partial charge in [-0.2, -0.15) is 0 Å². The van der Waals surface area contributed by atoms with Crippen molar-refractivity contribution in [3.63, 3.8) is 0 Å². The van der Waals surface area contributed by atoms with Crippen molar-refractivity contribution in [1.29, 1.82) is 0 Å². The molecule has 5 nitrogen and oxygen atoms in total. The lowest BCUT2D eigenvalue weighted by Crippen LogP contribution is -2.23. The summed E-state index contributed by atoms with van der Waals surface area (Å²) in [6.45, 7) is 6.94. The third-order valence-electron chi connectivity index (χ3n) is 1.96. The Bertz CT molecular complexity index is 474. The molecule has 0 bridgehead atoms. The van der Waals surface area contributed by atoms with Crippen LogP contribution in [0.3, 0.4) is 0 Å². The second kappa shape index (κ2) is 5.08. The molecule has 0 aromatic heterocycles. The van der Waals surface area contributed by atoms with Crippen LogP contribution in [-0.4, -0.2) is 22.6 Å². The van der Waals surface area contributed by atoms with Gasteiger partial charge < -0.3 is 15.2 Å². The third-order valence-corrected chi connectivity index (χ3v) is 1.96. The van der Waals surface area contributed by atoms with E-state index in [0.29, 0.717) is 5.75 Å². The summed E-state index contributed by atoms with van der Waals surface area (Å²) in [6.07, 6.45) is 0. The molecule has 0 unspecified atom stereocenters. The van der Waals surface area contributed by atoms with Gasteiger partial charge in [-0.1, -0.05) is 0 Å². The molecule has 0 saturated heterocycles. The molecule has 98 valence electrons. The second-order valence-corrected chi connectivity index (χ2v) is 4.91. The van der Waals surface area contributed by atoms with Gasteiger partial charge in [0.1, 0.15) is 11.4 Å². The first kappa shape index (κ1) is 14.0. The SMILES string of the molecule is CC(=O)Nc1ccc(OC(C)(C)C)cc1C(=O)O. The quantitative estimate of drug-likeness (QED) is 0.865. The second-order valence-electron chi connectivity index (χ2n) is 4.91. The minimum atomic E-state index is -1.11. The molecular weight excluding hydrogens is 234 g/mol. The van der Waals surface area contributed by atoms with E-state index in [-0.39, 0.29) is 17.2 Å². The lowest BCUT2D eigenvalue weighted by atomic mass is 10.1. The van der Waals surface area contributed by atoms with Crippen molar-refractivity contribution in [3.05, 3.63) is 23.8 Å². The van der Waals surface area contributed by atoms with Crippen molar-refractivity contribution >= 4 is 17.6 Å². The number of carboxylic acid groups (broad SMARTS) is 1. The molecule has 0 radical (unpaired) electrons. The standard InChI is InChI=1S/C13H17NO4/c1-8(15)14-11-6-5-9(18-13(2,3)4)7-10(11)12(16)17/h5-7H,1-4H3,(H,14,15)(H,16,17). The molecule has 1 aromatic rings. The van der Waals surface area contributed by atoms with Crippen LogP contribution in [0.1, 0.15) is 38.1 Å². The van der Waals surface area contributed by atoms with E-state index >= 15 is 0 Å². The fourth-order valence-electron chi connectivity index (χ4n) is 1.42. The lowest BCUT2D eigenvalue weighted by molar-refractivity contribution is -0.114. The first-order valence-corrected chi connectivity index (χ1v) is 5.53. The Morgan fingerprint density at radius 2 is 1.89 bits per heavy atom. The summed E-state index contributed by atoms with van der Waals surface area (Å²) in [5.74, 6) is -0.978. The molecule has 1 rings (SSSR count). The van der Waals surface area contributed by atoms with Crippen LogP contribution >= 0.6 is 0 Å². The number of carbonyl (C=O) groups is 2. The van der Waals surface area contributed by atoms with Crippen molar-refractivity contribution in [1.82, 2.24) is 0 Å². The molecule has 0 aliphatic carbocycles.